The predicted molar refractivity (Wildman–Crippen MR) is 18.7 cm³/mol. The van der Waals surface area contributed by atoms with Gasteiger partial charge in [0.1, 0.15) is 6.67 Å². The summed E-state index contributed by atoms with van der Waals surface area (Å²) >= 11 is 0. The average Bonchev–Trinajstić information content (AvgIpc) is 1.86. The van der Waals surface area contributed by atoms with Crippen molar-refractivity contribution in [1.82, 2.24) is 16.2 Å². The lowest BCUT2D eigenvalue weighted by Crippen LogP contribution is -2.24. The van der Waals surface area contributed by atoms with Gasteiger partial charge in [-0.05, 0) is 0 Å². The van der Waals surface area contributed by atoms with E-state index in [0.29, 0.717) is 6.67 Å². The first kappa shape index (κ1) is 3.42. The van der Waals surface area contributed by atoms with Crippen LogP contribution in [0.15, 0.2) is 0 Å². The number of nitrogens with zero attached hydrogens (tertiary/aromatic N) is 1. The Hall–Kier alpha value is -0.770. The molecule has 1 rings (SSSR count). The highest BCUT2D eigenvalue weighted by molar-refractivity contribution is 5.74. The van der Waals surface area contributed by atoms with Crippen molar-refractivity contribution in [2.24, 2.45) is 0 Å². The third-order valence-corrected chi connectivity index (χ3v) is 0.497. The van der Waals surface area contributed by atoms with Crippen molar-refractivity contribution in [3.05, 3.63) is 0 Å². The lowest BCUT2D eigenvalue weighted by molar-refractivity contribution is 0.247. The minimum atomic E-state index is -0.282. The molecule has 0 aliphatic carbocycles. The van der Waals surface area contributed by atoms with Crippen LogP contribution < -0.4 is 16.2 Å². The van der Waals surface area contributed by atoms with Gasteiger partial charge in [-0.3, -0.25) is 5.43 Å². The summed E-state index contributed by atoms with van der Waals surface area (Å²) in [7, 11) is 0. The van der Waals surface area contributed by atoms with E-state index in [9.17, 15) is 4.79 Å². The first-order valence-electron chi connectivity index (χ1n) is 1.60. The van der Waals surface area contributed by atoms with Gasteiger partial charge >= 0.3 is 6.03 Å². The molecule has 1 fully saturated rings. The summed E-state index contributed by atoms with van der Waals surface area (Å²) in [6.45, 7) is 0.402. The van der Waals surface area contributed by atoms with Gasteiger partial charge in [0.15, 0.2) is 0 Å². The van der Waals surface area contributed by atoms with E-state index in [-0.39, 0.29) is 6.03 Å². The van der Waals surface area contributed by atoms with E-state index in [4.69, 9.17) is 0 Å². The molecule has 1 heterocycles. The summed E-state index contributed by atoms with van der Waals surface area (Å²) in [5.41, 5.74) is 4.77. The monoisotopic (exact) mass is 86.0 g/mol. The van der Waals surface area contributed by atoms with Crippen LogP contribution in [0.25, 0.3) is 0 Å². The minimum absolute atomic E-state index is 0.282. The Labute approximate surface area is 34.9 Å². The molecule has 6 heavy (non-hydrogen) atoms. The summed E-state index contributed by atoms with van der Waals surface area (Å²) in [6.07, 6.45) is 0. The fourth-order valence-corrected chi connectivity index (χ4v) is 0.266. The molecule has 0 bridgehead atoms. The smallest absolute Gasteiger partial charge is 0.270 e. The molecule has 0 aromatic heterocycles. The summed E-state index contributed by atoms with van der Waals surface area (Å²) < 4.78 is 0. The Kier molecular flexibility index (Phi) is 0.648. The molecular weight excluding hydrogens is 82.0 g/mol. The topological polar surface area (TPSA) is 55.2 Å². The van der Waals surface area contributed by atoms with Crippen LogP contribution in [0.2, 0.25) is 0 Å². The molecule has 0 unspecified atom stereocenters. The summed E-state index contributed by atoms with van der Waals surface area (Å²) in [4.78, 5) is 9.90. The molecule has 2 amide bonds. The van der Waals surface area contributed by atoms with E-state index in [1.165, 1.54) is 0 Å². The maximum absolute atomic E-state index is 9.90. The van der Waals surface area contributed by atoms with Gasteiger partial charge in [0.2, 0.25) is 0 Å². The van der Waals surface area contributed by atoms with E-state index in [0.717, 1.165) is 0 Å². The van der Waals surface area contributed by atoms with Crippen LogP contribution >= 0.6 is 0 Å². The third kappa shape index (κ3) is 0.414. The van der Waals surface area contributed by atoms with Crippen molar-refractivity contribution in [3.8, 4) is 0 Å². The largest absolute Gasteiger partial charge is 0.352 e. The van der Waals surface area contributed by atoms with Gasteiger partial charge in [-0.15, -0.1) is 0 Å². The summed E-state index contributed by atoms with van der Waals surface area (Å²) in [5, 5.41) is 3.38. The maximum atomic E-state index is 9.90. The summed E-state index contributed by atoms with van der Waals surface area (Å²) in [6, 6.07) is -0.282. The zero-order chi connectivity index (χ0) is 4.41. The molecule has 1 aliphatic rings. The highest BCUT2D eigenvalue weighted by Crippen LogP contribution is 1.66. The van der Waals surface area contributed by atoms with E-state index >= 15 is 0 Å². The molecule has 1 saturated heterocycles. The number of hydrogen-bond donors (Lipinski definition) is 2. The van der Waals surface area contributed by atoms with Crippen molar-refractivity contribution in [1.29, 1.82) is 0 Å². The number of carbonyl (C=O) groups excluding carboxylic acids is 1. The maximum Gasteiger partial charge on any atom is 0.352 e. The molecule has 0 aromatic rings. The quantitative estimate of drug-likeness (QED) is 0.388. The fraction of sp³-hybridized carbons (Fsp3) is 0.500. The Morgan fingerprint density at radius 1 is 1.83 bits per heavy atom. The number of amides is 2. The number of carbonyl (C=O) groups is 1. The molecule has 2 N–H and O–H groups in total. The first-order chi connectivity index (χ1) is 2.89. The molecule has 0 saturated carbocycles. The van der Waals surface area contributed by atoms with Crippen LogP contribution in [-0.4, -0.2) is 12.7 Å². The molecule has 1 radical (unpaired) electrons. The second-order valence-electron chi connectivity index (χ2n) is 0.923. The number of urea groups is 1. The van der Waals surface area contributed by atoms with E-state index < -0.39 is 0 Å². The Morgan fingerprint density at radius 2 is 2.67 bits per heavy atom. The molecular formula is C2H4N3O. The van der Waals surface area contributed by atoms with E-state index in [1.807, 2.05) is 0 Å². The summed E-state index contributed by atoms with van der Waals surface area (Å²) in [5.74, 6) is 0. The van der Waals surface area contributed by atoms with Crippen molar-refractivity contribution in [2.75, 3.05) is 6.67 Å². The number of hydrazine groups is 1. The van der Waals surface area contributed by atoms with Gasteiger partial charge in [-0.25, -0.2) is 15.5 Å². The highest BCUT2D eigenvalue weighted by Gasteiger charge is 2.04. The van der Waals surface area contributed by atoms with Crippen molar-refractivity contribution >= 4 is 6.03 Å². The number of rotatable bonds is 0. The molecule has 0 aromatic carbocycles. The standard InChI is InChI=1S/C2H4N3O/c6-2-3-1-4-5-2/h4H,1H2,(H,5,6). The van der Waals surface area contributed by atoms with Crippen LogP contribution in [0.4, 0.5) is 4.79 Å². The minimum Gasteiger partial charge on any atom is -0.270 e. The van der Waals surface area contributed by atoms with E-state index in [1.54, 1.807) is 0 Å². The molecule has 0 spiro atoms. The van der Waals surface area contributed by atoms with Crippen LogP contribution in [0.3, 0.4) is 0 Å². The van der Waals surface area contributed by atoms with Crippen molar-refractivity contribution in [3.63, 3.8) is 0 Å². The van der Waals surface area contributed by atoms with Gasteiger partial charge in [-0.2, -0.15) is 0 Å². The highest BCUT2D eigenvalue weighted by atomic mass is 16.2. The second kappa shape index (κ2) is 1.14. The fourth-order valence-electron chi connectivity index (χ4n) is 0.266. The molecule has 4 heteroatoms. The van der Waals surface area contributed by atoms with E-state index in [2.05, 4.69) is 16.2 Å². The van der Waals surface area contributed by atoms with Crippen LogP contribution in [0.1, 0.15) is 0 Å². The SMILES string of the molecule is O=C1[N]CNN1. The molecule has 4 nitrogen and oxygen atoms in total. The number of hydrogen-bond acceptors (Lipinski definition) is 2. The van der Waals surface area contributed by atoms with Gasteiger partial charge in [-0.1, -0.05) is 0 Å². The van der Waals surface area contributed by atoms with Crippen LogP contribution in [0.5, 0.6) is 0 Å². The zero-order valence-electron chi connectivity index (χ0n) is 3.06. The van der Waals surface area contributed by atoms with Gasteiger partial charge in [0, 0.05) is 0 Å². The lowest BCUT2D eigenvalue weighted by atomic mass is 11.0. The van der Waals surface area contributed by atoms with Gasteiger partial charge < -0.3 is 0 Å². The number of nitrogens with one attached hydrogen (secondary N) is 2. The Balaban J connectivity index is 2.37. The van der Waals surface area contributed by atoms with Crippen LogP contribution in [0, 0.1) is 0 Å². The first-order valence-corrected chi connectivity index (χ1v) is 1.60. The predicted octanol–water partition coefficient (Wildman–Crippen LogP) is -1.22. The molecule has 0 atom stereocenters. The van der Waals surface area contributed by atoms with Gasteiger partial charge in [0.25, 0.3) is 0 Å². The van der Waals surface area contributed by atoms with Gasteiger partial charge in [0.05, 0.1) is 0 Å². The zero-order valence-corrected chi connectivity index (χ0v) is 3.06. The van der Waals surface area contributed by atoms with Crippen molar-refractivity contribution < 1.29 is 4.79 Å². The average molecular weight is 86.1 g/mol. The normalized spacial score (nSPS) is 19.7. The Morgan fingerprint density at radius 3 is 2.83 bits per heavy atom. The molecule has 33 valence electrons. The second-order valence-corrected chi connectivity index (χ2v) is 0.923. The molecule has 1 aliphatic heterocycles. The Bertz CT molecular complexity index is 63.2. The lowest BCUT2D eigenvalue weighted by Gasteiger charge is -1.79. The van der Waals surface area contributed by atoms with Crippen molar-refractivity contribution in [2.45, 2.75) is 0 Å². The van der Waals surface area contributed by atoms with Crippen LogP contribution in [-0.2, 0) is 0 Å². The third-order valence-electron chi connectivity index (χ3n) is 0.497.